The van der Waals surface area contributed by atoms with E-state index in [9.17, 15) is 4.79 Å². The summed E-state index contributed by atoms with van der Waals surface area (Å²) in [5.74, 6) is 0.106. The van der Waals surface area contributed by atoms with Crippen LogP contribution < -0.4 is 4.74 Å². The first-order chi connectivity index (χ1) is 17.2. The molecule has 7 heteroatoms. The largest absolute Gasteiger partial charge is 0.477 e. The van der Waals surface area contributed by atoms with E-state index in [-0.39, 0.29) is 11.4 Å². The third-order valence-electron chi connectivity index (χ3n) is 6.53. The van der Waals surface area contributed by atoms with Crippen LogP contribution in [-0.2, 0) is 9.53 Å². The Labute approximate surface area is 225 Å². The first-order valence-corrected chi connectivity index (χ1v) is 12.8. The molecule has 0 radical (unpaired) electrons. The van der Waals surface area contributed by atoms with E-state index in [1.807, 2.05) is 48.5 Å². The molecule has 4 nitrogen and oxygen atoms in total. The molecule has 0 unspecified atom stereocenters. The SMILES string of the molecule is CC1(C)CC=CC(c2ccc(Cl)cc2)=C1C(=O)O[C@H]1CCOc2nc(-c3ccc(Cl)cc3Cl)ccc21. The lowest BCUT2D eigenvalue weighted by Crippen LogP contribution is -2.28. The van der Waals surface area contributed by atoms with Crippen LogP contribution in [0, 0.1) is 5.41 Å². The standard InChI is InChI=1S/C29H24Cl3NO3/c1-29(2)14-3-4-20(17-5-7-18(30)8-6-17)26(29)28(34)36-25-13-15-35-27-22(25)11-12-24(33-27)21-10-9-19(31)16-23(21)32/h3-12,16,25H,13-15H2,1-2H3/t25-/m0/s1. The average molecular weight is 541 g/mol. The molecule has 2 aromatic carbocycles. The Morgan fingerprint density at radius 2 is 1.78 bits per heavy atom. The van der Waals surface area contributed by atoms with Crippen molar-refractivity contribution in [2.24, 2.45) is 5.41 Å². The minimum absolute atomic E-state index is 0.336. The van der Waals surface area contributed by atoms with E-state index in [1.165, 1.54) is 0 Å². The van der Waals surface area contributed by atoms with Crippen molar-refractivity contribution in [1.82, 2.24) is 4.98 Å². The number of halogens is 3. The molecule has 36 heavy (non-hydrogen) atoms. The molecule has 0 spiro atoms. The summed E-state index contributed by atoms with van der Waals surface area (Å²) in [6.07, 6.45) is 4.90. The Bertz CT molecular complexity index is 1390. The van der Waals surface area contributed by atoms with Crippen LogP contribution in [0.4, 0.5) is 0 Å². The smallest absolute Gasteiger partial charge is 0.335 e. The molecule has 0 amide bonds. The van der Waals surface area contributed by atoms with Gasteiger partial charge in [-0.3, -0.25) is 0 Å². The normalized spacial score (nSPS) is 18.4. The molecule has 5 rings (SSSR count). The lowest BCUT2D eigenvalue weighted by Gasteiger charge is -2.33. The van der Waals surface area contributed by atoms with Crippen molar-refractivity contribution in [3.05, 3.63) is 98.5 Å². The van der Waals surface area contributed by atoms with Crippen molar-refractivity contribution in [2.75, 3.05) is 6.61 Å². The van der Waals surface area contributed by atoms with Crippen molar-refractivity contribution in [1.29, 1.82) is 0 Å². The van der Waals surface area contributed by atoms with Gasteiger partial charge in [-0.2, -0.15) is 0 Å². The summed E-state index contributed by atoms with van der Waals surface area (Å²) in [6.45, 7) is 4.51. The number of carbonyl (C=O) groups is 1. The third kappa shape index (κ3) is 4.90. The molecular formula is C29H24Cl3NO3. The predicted molar refractivity (Wildman–Crippen MR) is 145 cm³/mol. The summed E-state index contributed by atoms with van der Waals surface area (Å²) in [4.78, 5) is 18.3. The number of rotatable bonds is 4. The maximum Gasteiger partial charge on any atom is 0.335 e. The van der Waals surface area contributed by atoms with Crippen molar-refractivity contribution in [3.63, 3.8) is 0 Å². The molecule has 1 aromatic heterocycles. The topological polar surface area (TPSA) is 48.4 Å². The fraction of sp³-hybridized carbons (Fsp3) is 0.241. The quantitative estimate of drug-likeness (QED) is 0.311. The van der Waals surface area contributed by atoms with Crippen molar-refractivity contribution >= 4 is 46.3 Å². The number of allylic oxidation sites excluding steroid dienone is 3. The van der Waals surface area contributed by atoms with Crippen LogP contribution in [0.2, 0.25) is 15.1 Å². The molecule has 0 N–H and O–H groups in total. The minimum atomic E-state index is -0.468. The monoisotopic (exact) mass is 539 g/mol. The second-order valence-corrected chi connectivity index (χ2v) is 10.8. The van der Waals surface area contributed by atoms with E-state index in [1.54, 1.807) is 12.1 Å². The highest BCUT2D eigenvalue weighted by Gasteiger charge is 2.36. The molecule has 1 aliphatic heterocycles. The number of esters is 1. The number of hydrogen-bond acceptors (Lipinski definition) is 4. The van der Waals surface area contributed by atoms with Gasteiger partial charge < -0.3 is 9.47 Å². The van der Waals surface area contributed by atoms with Crippen LogP contribution in [0.15, 0.2) is 72.3 Å². The first kappa shape index (κ1) is 24.9. The number of ether oxygens (including phenoxy) is 2. The van der Waals surface area contributed by atoms with Gasteiger partial charge in [0.1, 0.15) is 6.10 Å². The molecule has 3 aromatic rings. The summed E-state index contributed by atoms with van der Waals surface area (Å²) in [5.41, 5.74) is 4.19. The Morgan fingerprint density at radius 1 is 1.03 bits per heavy atom. The molecule has 0 bridgehead atoms. The van der Waals surface area contributed by atoms with Gasteiger partial charge in [-0.05, 0) is 60.0 Å². The number of fused-ring (bicyclic) bond motifs is 1. The van der Waals surface area contributed by atoms with Gasteiger partial charge >= 0.3 is 5.97 Å². The Hall–Kier alpha value is -2.79. The molecule has 0 saturated carbocycles. The highest BCUT2D eigenvalue weighted by atomic mass is 35.5. The molecular weight excluding hydrogens is 517 g/mol. The van der Waals surface area contributed by atoms with Crippen molar-refractivity contribution in [3.8, 4) is 17.1 Å². The molecule has 2 heterocycles. The summed E-state index contributed by atoms with van der Waals surface area (Å²) < 4.78 is 12.0. The molecule has 1 aliphatic carbocycles. The number of carbonyl (C=O) groups excluding carboxylic acids is 1. The van der Waals surface area contributed by atoms with E-state index in [2.05, 4.69) is 24.9 Å². The van der Waals surface area contributed by atoms with Crippen LogP contribution in [-0.4, -0.2) is 17.6 Å². The predicted octanol–water partition coefficient (Wildman–Crippen LogP) is 8.52. The average Bonchev–Trinajstić information content (AvgIpc) is 2.83. The zero-order valence-corrected chi connectivity index (χ0v) is 22.1. The van der Waals surface area contributed by atoms with Gasteiger partial charge in [0.25, 0.3) is 0 Å². The summed E-state index contributed by atoms with van der Waals surface area (Å²) in [7, 11) is 0. The molecule has 184 valence electrons. The highest BCUT2D eigenvalue weighted by Crippen LogP contribution is 2.43. The number of benzene rings is 2. The van der Waals surface area contributed by atoms with Crippen molar-refractivity contribution < 1.29 is 14.3 Å². The van der Waals surface area contributed by atoms with Gasteiger partial charge in [-0.15, -0.1) is 0 Å². The number of nitrogens with zero attached hydrogens (tertiary/aromatic N) is 1. The number of hydrogen-bond donors (Lipinski definition) is 0. The summed E-state index contributed by atoms with van der Waals surface area (Å²) in [6, 6.07) is 16.5. The zero-order valence-electron chi connectivity index (χ0n) is 19.9. The highest BCUT2D eigenvalue weighted by molar-refractivity contribution is 6.36. The molecule has 0 fully saturated rings. The third-order valence-corrected chi connectivity index (χ3v) is 7.33. The van der Waals surface area contributed by atoms with E-state index in [4.69, 9.17) is 44.3 Å². The zero-order chi connectivity index (χ0) is 25.4. The van der Waals surface area contributed by atoms with Gasteiger partial charge in [-0.1, -0.05) is 72.9 Å². The second kappa shape index (κ2) is 9.93. The first-order valence-electron chi connectivity index (χ1n) is 11.7. The van der Waals surface area contributed by atoms with Crippen LogP contribution in [0.1, 0.15) is 43.9 Å². The van der Waals surface area contributed by atoms with Crippen LogP contribution in [0.25, 0.3) is 16.8 Å². The minimum Gasteiger partial charge on any atom is -0.477 e. The lowest BCUT2D eigenvalue weighted by molar-refractivity contribution is -0.147. The number of pyridine rings is 1. The summed E-state index contributed by atoms with van der Waals surface area (Å²) >= 11 is 18.5. The molecule has 0 saturated heterocycles. The maximum absolute atomic E-state index is 13.7. The van der Waals surface area contributed by atoms with Crippen molar-refractivity contribution in [2.45, 2.75) is 32.8 Å². The van der Waals surface area contributed by atoms with E-state index in [0.29, 0.717) is 45.2 Å². The fourth-order valence-electron chi connectivity index (χ4n) is 4.67. The second-order valence-electron chi connectivity index (χ2n) is 9.53. The summed E-state index contributed by atoms with van der Waals surface area (Å²) in [5, 5.41) is 1.70. The number of aromatic nitrogens is 1. The lowest BCUT2D eigenvalue weighted by atomic mass is 9.74. The van der Waals surface area contributed by atoms with Gasteiger partial charge in [-0.25, -0.2) is 9.78 Å². The maximum atomic E-state index is 13.7. The van der Waals surface area contributed by atoms with Gasteiger partial charge in [0.2, 0.25) is 5.88 Å². The Balaban J connectivity index is 1.47. The van der Waals surface area contributed by atoms with E-state index >= 15 is 0 Å². The molecule has 1 atom stereocenters. The van der Waals surface area contributed by atoms with Gasteiger partial charge in [0.05, 0.1) is 28.5 Å². The van der Waals surface area contributed by atoms with E-state index < -0.39 is 6.10 Å². The van der Waals surface area contributed by atoms with Gasteiger partial charge in [0.15, 0.2) is 0 Å². The molecule has 2 aliphatic rings. The van der Waals surface area contributed by atoms with E-state index in [0.717, 1.165) is 28.7 Å². The van der Waals surface area contributed by atoms with Crippen LogP contribution in [0.3, 0.4) is 0 Å². The van der Waals surface area contributed by atoms with Crippen LogP contribution >= 0.6 is 34.8 Å². The Kier molecular flexibility index (Phi) is 6.86. The fourth-order valence-corrected chi connectivity index (χ4v) is 5.30. The van der Waals surface area contributed by atoms with Gasteiger partial charge in [0, 0.05) is 27.4 Å². The Morgan fingerprint density at radius 3 is 2.53 bits per heavy atom. The van der Waals surface area contributed by atoms with Crippen LogP contribution in [0.5, 0.6) is 5.88 Å².